The third-order valence-corrected chi connectivity index (χ3v) is 8.67. The highest BCUT2D eigenvalue weighted by Crippen LogP contribution is 2.65. The van der Waals surface area contributed by atoms with Gasteiger partial charge in [0, 0.05) is 10.0 Å². The molecular formula is C32H19Br. The van der Waals surface area contributed by atoms with Crippen molar-refractivity contribution in [2.45, 2.75) is 11.8 Å². The second kappa shape index (κ2) is 6.12. The first-order valence-corrected chi connectivity index (χ1v) is 12.3. The lowest BCUT2D eigenvalue weighted by molar-refractivity contribution is 0.793. The topological polar surface area (TPSA) is 0 Å². The normalized spacial score (nSPS) is 17.8. The van der Waals surface area contributed by atoms with Crippen LogP contribution in [0.3, 0.4) is 0 Å². The highest BCUT2D eigenvalue weighted by molar-refractivity contribution is 9.10. The summed E-state index contributed by atoms with van der Waals surface area (Å²) in [6.45, 7) is 0. The van der Waals surface area contributed by atoms with Crippen molar-refractivity contribution in [2.24, 2.45) is 0 Å². The summed E-state index contributed by atoms with van der Waals surface area (Å²) in [7, 11) is 0. The van der Waals surface area contributed by atoms with E-state index in [1.54, 1.807) is 0 Å². The van der Waals surface area contributed by atoms with Gasteiger partial charge in [-0.15, -0.1) is 0 Å². The van der Waals surface area contributed by atoms with Gasteiger partial charge in [-0.3, -0.25) is 0 Å². The van der Waals surface area contributed by atoms with E-state index in [-0.39, 0.29) is 5.41 Å². The van der Waals surface area contributed by atoms with Crippen LogP contribution in [0.4, 0.5) is 0 Å². The van der Waals surface area contributed by atoms with Crippen LogP contribution < -0.4 is 0 Å². The predicted octanol–water partition coefficient (Wildman–Crippen LogP) is 8.36. The van der Waals surface area contributed by atoms with Crippen molar-refractivity contribution in [1.82, 2.24) is 0 Å². The molecule has 5 aromatic rings. The van der Waals surface area contributed by atoms with Gasteiger partial charge in [0.15, 0.2) is 0 Å². The fourth-order valence-electron chi connectivity index (χ4n) is 6.87. The molecule has 0 amide bonds. The van der Waals surface area contributed by atoms with E-state index in [0.29, 0.717) is 0 Å². The summed E-state index contributed by atoms with van der Waals surface area (Å²) in [5.41, 5.74) is 16.6. The van der Waals surface area contributed by atoms with E-state index in [4.69, 9.17) is 0 Å². The average Bonchev–Trinajstić information content (AvgIpc) is 3.48. The quantitative estimate of drug-likeness (QED) is 0.203. The van der Waals surface area contributed by atoms with Crippen molar-refractivity contribution in [1.29, 1.82) is 0 Å². The van der Waals surface area contributed by atoms with Gasteiger partial charge < -0.3 is 0 Å². The smallest absolute Gasteiger partial charge is 0.0619 e. The number of hydrogen-bond acceptors (Lipinski definition) is 0. The molecule has 1 heteroatoms. The van der Waals surface area contributed by atoms with Crippen LogP contribution in [-0.4, -0.2) is 0 Å². The second-order valence-corrected chi connectivity index (χ2v) is 10.2. The molecule has 1 unspecified atom stereocenters. The fraction of sp³-hybridized carbons (Fsp3) is 0.0625. The lowest BCUT2D eigenvalue weighted by atomic mass is 9.70. The van der Waals surface area contributed by atoms with Crippen LogP contribution >= 0.6 is 15.9 Å². The molecule has 8 rings (SSSR count). The predicted molar refractivity (Wildman–Crippen MR) is 139 cm³/mol. The fourth-order valence-corrected chi connectivity index (χ4v) is 7.45. The Hall–Kier alpha value is -3.42. The van der Waals surface area contributed by atoms with Crippen molar-refractivity contribution in [3.63, 3.8) is 0 Å². The van der Waals surface area contributed by atoms with Gasteiger partial charge in [0.05, 0.1) is 5.41 Å². The Bertz CT molecular complexity index is 1660. The van der Waals surface area contributed by atoms with Crippen LogP contribution in [0, 0.1) is 0 Å². The molecule has 0 bridgehead atoms. The summed E-state index contributed by atoms with van der Waals surface area (Å²) in [4.78, 5) is 0. The van der Waals surface area contributed by atoms with Gasteiger partial charge in [-0.1, -0.05) is 113 Å². The van der Waals surface area contributed by atoms with Crippen LogP contribution in [-0.2, 0) is 11.8 Å². The highest BCUT2D eigenvalue weighted by atomic mass is 79.9. The Balaban J connectivity index is 1.56. The third kappa shape index (κ3) is 2.00. The Morgan fingerprint density at radius 3 is 1.88 bits per heavy atom. The summed E-state index contributed by atoms with van der Waals surface area (Å²) < 4.78 is 1.17. The molecule has 1 atom stereocenters. The summed E-state index contributed by atoms with van der Waals surface area (Å²) in [5, 5.41) is 0. The summed E-state index contributed by atoms with van der Waals surface area (Å²) >= 11 is 3.90. The zero-order chi connectivity index (χ0) is 21.7. The molecule has 3 aliphatic carbocycles. The average molecular weight is 483 g/mol. The number of halogens is 1. The van der Waals surface area contributed by atoms with Crippen LogP contribution in [0.25, 0.3) is 33.4 Å². The summed E-state index contributed by atoms with van der Waals surface area (Å²) in [5.74, 6) is 0. The van der Waals surface area contributed by atoms with E-state index in [1.807, 2.05) is 0 Å². The van der Waals surface area contributed by atoms with Crippen LogP contribution in [0.2, 0.25) is 0 Å². The number of rotatable bonds is 0. The summed E-state index contributed by atoms with van der Waals surface area (Å²) in [6.07, 6.45) is 1.01. The van der Waals surface area contributed by atoms with Gasteiger partial charge in [0.2, 0.25) is 0 Å². The Morgan fingerprint density at radius 2 is 1.09 bits per heavy atom. The van der Waals surface area contributed by atoms with Crippen LogP contribution in [0.15, 0.2) is 108 Å². The first kappa shape index (κ1) is 18.1. The minimum absolute atomic E-state index is 0.272. The Labute approximate surface area is 201 Å². The van der Waals surface area contributed by atoms with Crippen molar-refractivity contribution < 1.29 is 0 Å². The summed E-state index contributed by atoms with van der Waals surface area (Å²) in [6, 6.07) is 38.5. The molecule has 0 aliphatic heterocycles. The molecule has 0 N–H and O–H groups in total. The molecule has 0 nitrogen and oxygen atoms in total. The molecule has 0 saturated heterocycles. The van der Waals surface area contributed by atoms with E-state index in [2.05, 4.69) is 119 Å². The highest BCUT2D eigenvalue weighted by Gasteiger charge is 2.52. The third-order valence-electron chi connectivity index (χ3n) is 8.01. The molecule has 3 aliphatic rings. The largest absolute Gasteiger partial charge is 0.0726 e. The standard InChI is InChI=1S/C32H19Br/c33-29-15-7-14-27-31(29)23-11-4-6-13-26(23)32(27)25-12-5-3-10-22(25)30-24-18-19-8-1-2-9-20(19)21(24)16-17-28(30)32/h1-17H,18H2. The SMILES string of the molecule is Brc1cccc2c1-c1ccccc1C21c2ccccc2-c2c1ccc1c2Cc2ccccc2-1. The Kier molecular flexibility index (Phi) is 3.35. The lowest BCUT2D eigenvalue weighted by Crippen LogP contribution is -2.25. The first-order chi connectivity index (χ1) is 16.3. The molecular weight excluding hydrogens is 464 g/mol. The van der Waals surface area contributed by atoms with Crippen molar-refractivity contribution in [3.05, 3.63) is 141 Å². The van der Waals surface area contributed by atoms with Crippen LogP contribution in [0.1, 0.15) is 33.4 Å². The van der Waals surface area contributed by atoms with E-state index in [0.717, 1.165) is 6.42 Å². The van der Waals surface area contributed by atoms with Crippen molar-refractivity contribution >= 4 is 15.9 Å². The maximum Gasteiger partial charge on any atom is 0.0726 e. The van der Waals surface area contributed by atoms with E-state index in [1.165, 1.54) is 71.2 Å². The maximum atomic E-state index is 3.90. The lowest BCUT2D eigenvalue weighted by Gasteiger charge is -2.30. The second-order valence-electron chi connectivity index (χ2n) is 9.35. The van der Waals surface area contributed by atoms with E-state index >= 15 is 0 Å². The first-order valence-electron chi connectivity index (χ1n) is 11.5. The maximum absolute atomic E-state index is 3.90. The molecule has 1 spiro atoms. The van der Waals surface area contributed by atoms with Crippen molar-refractivity contribution in [2.75, 3.05) is 0 Å². The van der Waals surface area contributed by atoms with Gasteiger partial charge >= 0.3 is 0 Å². The molecule has 0 radical (unpaired) electrons. The van der Waals surface area contributed by atoms with E-state index in [9.17, 15) is 0 Å². The van der Waals surface area contributed by atoms with Crippen molar-refractivity contribution in [3.8, 4) is 33.4 Å². The van der Waals surface area contributed by atoms with Gasteiger partial charge in [-0.05, 0) is 73.7 Å². The van der Waals surface area contributed by atoms with Gasteiger partial charge in [0.25, 0.3) is 0 Å². The molecule has 0 heterocycles. The zero-order valence-corrected chi connectivity index (χ0v) is 19.5. The van der Waals surface area contributed by atoms with Gasteiger partial charge in [0.1, 0.15) is 0 Å². The molecule has 5 aromatic carbocycles. The molecule has 0 fully saturated rings. The molecule has 0 saturated carbocycles. The number of hydrogen-bond donors (Lipinski definition) is 0. The number of fused-ring (bicyclic) bond motifs is 14. The van der Waals surface area contributed by atoms with Crippen LogP contribution in [0.5, 0.6) is 0 Å². The monoisotopic (exact) mass is 482 g/mol. The number of benzene rings is 5. The van der Waals surface area contributed by atoms with Gasteiger partial charge in [-0.25, -0.2) is 0 Å². The molecule has 154 valence electrons. The minimum atomic E-state index is -0.272. The minimum Gasteiger partial charge on any atom is -0.0619 e. The van der Waals surface area contributed by atoms with E-state index < -0.39 is 0 Å². The molecule has 33 heavy (non-hydrogen) atoms. The zero-order valence-electron chi connectivity index (χ0n) is 17.9. The molecule has 0 aromatic heterocycles. The van der Waals surface area contributed by atoms with Gasteiger partial charge in [-0.2, -0.15) is 0 Å². The Morgan fingerprint density at radius 1 is 0.485 bits per heavy atom.